The van der Waals surface area contributed by atoms with Crippen molar-refractivity contribution in [3.8, 4) is 0 Å². The molecule has 0 heterocycles. The van der Waals surface area contributed by atoms with E-state index in [9.17, 15) is 18.6 Å². The molecule has 3 N–H and O–H groups in total. The first-order valence-electron chi connectivity index (χ1n) is 4.34. The molecule has 0 aromatic heterocycles. The van der Waals surface area contributed by atoms with Gasteiger partial charge < -0.3 is 0 Å². The van der Waals surface area contributed by atoms with Crippen molar-refractivity contribution in [2.45, 2.75) is 6.92 Å². The van der Waals surface area contributed by atoms with Gasteiger partial charge in [0.25, 0.3) is 0 Å². The van der Waals surface area contributed by atoms with Gasteiger partial charge in [-0.05, 0) is 0 Å². The molecule has 0 aliphatic carbocycles. The van der Waals surface area contributed by atoms with Crippen molar-refractivity contribution in [2.75, 3.05) is 5.32 Å². The van der Waals surface area contributed by atoms with Crippen molar-refractivity contribution < 1.29 is 21.6 Å². The van der Waals surface area contributed by atoms with Crippen LogP contribution in [0.4, 0.5) is 11.4 Å². The number of nitro groups is 1. The van der Waals surface area contributed by atoms with Crippen LogP contribution in [-0.2, 0) is 8.53 Å². The first kappa shape index (κ1) is 13.4. The van der Waals surface area contributed by atoms with Crippen molar-refractivity contribution in [2.24, 2.45) is 0 Å². The molecule has 0 aliphatic rings. The first-order chi connectivity index (χ1) is 7.71. The van der Waals surface area contributed by atoms with Gasteiger partial charge in [-0.1, -0.05) is 0 Å². The Morgan fingerprint density at radius 2 is 2.06 bits per heavy atom. The summed E-state index contributed by atoms with van der Waals surface area (Å²) in [5, 5.41) is 12.9. The van der Waals surface area contributed by atoms with E-state index < -0.39 is 35.0 Å². The second-order valence-electron chi connectivity index (χ2n) is 3.18. The third kappa shape index (κ3) is 3.42. The summed E-state index contributed by atoms with van der Waals surface area (Å²) < 4.78 is 28.4. The standard InChI is InChI=1S/C8H9AsN2O6/c1-5(12)10-7-3-2-6(9(13,14)15)4-8(7)11(16)17/h2-4H,1H3,(H,10,12)(H2,13,14,15). The van der Waals surface area contributed by atoms with Gasteiger partial charge in [0, 0.05) is 0 Å². The van der Waals surface area contributed by atoms with Crippen molar-refractivity contribution in [3.05, 3.63) is 28.3 Å². The number of hydrogen-bond acceptors (Lipinski definition) is 4. The molecule has 0 atom stereocenters. The Bertz CT molecular complexity index is 523. The van der Waals surface area contributed by atoms with Crippen LogP contribution in [0.1, 0.15) is 6.92 Å². The normalized spacial score (nSPS) is 11.0. The second-order valence-corrected chi connectivity index (χ2v) is 6.55. The average molecular weight is 304 g/mol. The van der Waals surface area contributed by atoms with Gasteiger partial charge in [-0.25, -0.2) is 0 Å². The van der Waals surface area contributed by atoms with Gasteiger partial charge in [0.1, 0.15) is 0 Å². The van der Waals surface area contributed by atoms with Crippen LogP contribution in [-0.4, -0.2) is 33.2 Å². The molecule has 0 bridgehead atoms. The number of carbonyl (C=O) groups excluding carboxylic acids is 1. The maximum absolute atomic E-state index is 11.0. The molecule has 1 amide bonds. The summed E-state index contributed by atoms with van der Waals surface area (Å²) in [6.45, 7) is 1.17. The van der Waals surface area contributed by atoms with Gasteiger partial charge in [0.2, 0.25) is 0 Å². The van der Waals surface area contributed by atoms with E-state index in [2.05, 4.69) is 5.32 Å². The molecule has 0 fully saturated rings. The van der Waals surface area contributed by atoms with Gasteiger partial charge in [0.15, 0.2) is 0 Å². The number of carbonyl (C=O) groups is 1. The van der Waals surface area contributed by atoms with Crippen LogP contribution in [0.5, 0.6) is 0 Å². The van der Waals surface area contributed by atoms with E-state index in [1.807, 2.05) is 0 Å². The zero-order valence-electron chi connectivity index (χ0n) is 8.65. The number of benzene rings is 1. The molecule has 0 saturated heterocycles. The fraction of sp³-hybridized carbons (Fsp3) is 0.125. The number of rotatable bonds is 3. The molecule has 1 rings (SSSR count). The van der Waals surface area contributed by atoms with Crippen LogP contribution in [0.2, 0.25) is 0 Å². The number of hydrogen-bond donors (Lipinski definition) is 3. The van der Waals surface area contributed by atoms with E-state index in [1.165, 1.54) is 6.92 Å². The summed E-state index contributed by atoms with van der Waals surface area (Å²) in [6, 6.07) is 2.92. The van der Waals surface area contributed by atoms with Crippen molar-refractivity contribution in [1.82, 2.24) is 0 Å². The van der Waals surface area contributed by atoms with E-state index in [0.717, 1.165) is 18.2 Å². The summed E-state index contributed by atoms with van der Waals surface area (Å²) in [4.78, 5) is 20.7. The zero-order chi connectivity index (χ0) is 13.2. The third-order valence-electron chi connectivity index (χ3n) is 1.83. The quantitative estimate of drug-likeness (QED) is 0.377. The van der Waals surface area contributed by atoms with Gasteiger partial charge in [-0.15, -0.1) is 0 Å². The van der Waals surface area contributed by atoms with Crippen LogP contribution >= 0.6 is 0 Å². The average Bonchev–Trinajstić information content (AvgIpc) is 2.15. The topological polar surface area (TPSA) is 130 Å². The summed E-state index contributed by atoms with van der Waals surface area (Å²) in [6.07, 6.45) is 0. The fourth-order valence-electron chi connectivity index (χ4n) is 1.15. The Hall–Kier alpha value is -1.63. The van der Waals surface area contributed by atoms with Crippen LogP contribution in [0.25, 0.3) is 0 Å². The third-order valence-corrected chi connectivity index (χ3v) is 3.82. The molecule has 1 aromatic carbocycles. The molecular formula is C8H9AsN2O6. The maximum atomic E-state index is 11.0. The summed E-state index contributed by atoms with van der Waals surface area (Å²) >= 11 is -5.18. The molecule has 0 radical (unpaired) electrons. The molecule has 0 unspecified atom stereocenters. The Morgan fingerprint density at radius 3 is 2.47 bits per heavy atom. The number of nitrogens with zero attached hydrogens (tertiary/aromatic N) is 1. The van der Waals surface area contributed by atoms with Crippen LogP contribution in [0, 0.1) is 10.1 Å². The molecule has 1 aromatic rings. The number of nitro benzene ring substituents is 1. The molecule has 0 saturated carbocycles. The first-order valence-corrected chi connectivity index (χ1v) is 7.72. The van der Waals surface area contributed by atoms with Gasteiger partial charge >= 0.3 is 98.0 Å². The van der Waals surface area contributed by atoms with Crippen molar-refractivity contribution in [3.63, 3.8) is 0 Å². The fourth-order valence-corrected chi connectivity index (χ4v) is 2.32. The van der Waals surface area contributed by atoms with Crippen LogP contribution < -0.4 is 9.67 Å². The summed E-state index contributed by atoms with van der Waals surface area (Å²) in [5.74, 6) is -0.512. The zero-order valence-corrected chi connectivity index (χ0v) is 10.5. The molecule has 8 nitrogen and oxygen atoms in total. The van der Waals surface area contributed by atoms with E-state index in [4.69, 9.17) is 8.19 Å². The van der Waals surface area contributed by atoms with E-state index in [1.54, 1.807) is 0 Å². The van der Waals surface area contributed by atoms with E-state index >= 15 is 0 Å². The summed E-state index contributed by atoms with van der Waals surface area (Å²) in [5.41, 5.74) is -0.655. The molecule has 0 aliphatic heterocycles. The monoisotopic (exact) mass is 304 g/mol. The SMILES string of the molecule is CC(=O)Nc1ccc([As](=O)(O)O)cc1[N+](=O)[O-]. The predicted molar refractivity (Wildman–Crippen MR) is 57.9 cm³/mol. The van der Waals surface area contributed by atoms with E-state index in [-0.39, 0.29) is 5.69 Å². The summed E-state index contributed by atoms with van der Waals surface area (Å²) in [7, 11) is 0. The predicted octanol–water partition coefficient (Wildman–Crippen LogP) is -0.886. The van der Waals surface area contributed by atoms with Gasteiger partial charge in [-0.3, -0.25) is 0 Å². The van der Waals surface area contributed by atoms with Gasteiger partial charge in [0.05, 0.1) is 0 Å². The molecule has 9 heteroatoms. The molecule has 17 heavy (non-hydrogen) atoms. The number of anilines is 1. The van der Waals surface area contributed by atoms with E-state index in [0.29, 0.717) is 0 Å². The van der Waals surface area contributed by atoms with Crippen LogP contribution in [0.15, 0.2) is 18.2 Å². The molecular weight excluding hydrogens is 295 g/mol. The van der Waals surface area contributed by atoms with Crippen molar-refractivity contribution >= 4 is 35.8 Å². The molecule has 92 valence electrons. The van der Waals surface area contributed by atoms with Crippen LogP contribution in [0.3, 0.4) is 0 Å². The Labute approximate surface area is 98.4 Å². The number of amides is 1. The number of nitrogens with one attached hydrogen (secondary N) is 1. The minimum atomic E-state index is -5.18. The Morgan fingerprint density at radius 1 is 1.47 bits per heavy atom. The van der Waals surface area contributed by atoms with Gasteiger partial charge in [-0.2, -0.15) is 0 Å². The Kier molecular flexibility index (Phi) is 3.72. The minimum absolute atomic E-state index is 0.102. The molecule has 0 spiro atoms. The second kappa shape index (κ2) is 4.70. The van der Waals surface area contributed by atoms with Crippen molar-refractivity contribution in [1.29, 1.82) is 0 Å². The Balaban J connectivity index is 3.32.